The number of rotatable bonds is 3. The van der Waals surface area contributed by atoms with Crippen molar-refractivity contribution in [2.45, 2.75) is 13.8 Å². The Balaban J connectivity index is 1.96. The topological polar surface area (TPSA) is 43.6 Å². The summed E-state index contributed by atoms with van der Waals surface area (Å²) in [7, 11) is 0. The molecule has 26 heavy (non-hydrogen) atoms. The molecular formula is C21H17FN4. The largest absolute Gasteiger partial charge is 0.277 e. The van der Waals surface area contributed by atoms with Gasteiger partial charge in [0.15, 0.2) is 5.65 Å². The Hall–Kier alpha value is -3.34. The van der Waals surface area contributed by atoms with Gasteiger partial charge < -0.3 is 0 Å². The molecule has 1 aromatic carbocycles. The van der Waals surface area contributed by atoms with E-state index in [9.17, 15) is 4.39 Å². The van der Waals surface area contributed by atoms with Crippen molar-refractivity contribution in [3.63, 3.8) is 0 Å². The molecule has 3 heterocycles. The van der Waals surface area contributed by atoms with Crippen molar-refractivity contribution in [1.29, 1.82) is 0 Å². The summed E-state index contributed by atoms with van der Waals surface area (Å²) in [4.78, 5) is 13.6. The summed E-state index contributed by atoms with van der Waals surface area (Å²) in [6, 6.07) is 14.9. The van der Waals surface area contributed by atoms with Crippen LogP contribution in [0.5, 0.6) is 0 Å². The minimum Gasteiger partial charge on any atom is -0.277 e. The minimum atomic E-state index is -0.371. The number of hydrogen-bond acceptors (Lipinski definition) is 3. The summed E-state index contributed by atoms with van der Waals surface area (Å²) >= 11 is 0. The van der Waals surface area contributed by atoms with Gasteiger partial charge in [-0.05, 0) is 55.8 Å². The quantitative estimate of drug-likeness (QED) is 0.527. The predicted molar refractivity (Wildman–Crippen MR) is 101 cm³/mol. The average molecular weight is 344 g/mol. The van der Waals surface area contributed by atoms with Crippen LogP contribution in [-0.4, -0.2) is 19.5 Å². The molecule has 4 nitrogen and oxygen atoms in total. The van der Waals surface area contributed by atoms with Crippen molar-refractivity contribution in [2.24, 2.45) is 0 Å². The van der Waals surface area contributed by atoms with Gasteiger partial charge in [-0.1, -0.05) is 24.3 Å². The molecule has 5 heteroatoms. The Bertz CT molecular complexity index is 1110. The second-order valence-corrected chi connectivity index (χ2v) is 6.29. The molecule has 0 bridgehead atoms. The fourth-order valence-corrected chi connectivity index (χ4v) is 2.85. The maximum absolute atomic E-state index is 13.2. The monoisotopic (exact) mass is 344 g/mol. The van der Waals surface area contributed by atoms with E-state index in [0.717, 1.165) is 28.2 Å². The lowest BCUT2D eigenvalue weighted by Crippen LogP contribution is -2.01. The molecule has 0 aliphatic rings. The third-order valence-electron chi connectivity index (χ3n) is 4.17. The number of fused-ring (bicyclic) bond motifs is 1. The molecule has 0 unspecified atom stereocenters. The summed E-state index contributed by atoms with van der Waals surface area (Å²) in [5.41, 5.74) is 5.77. The smallest absolute Gasteiger partial charge is 0.165 e. The van der Waals surface area contributed by atoms with Gasteiger partial charge in [-0.15, -0.1) is 0 Å². The molecule has 0 spiro atoms. The van der Waals surface area contributed by atoms with Crippen LogP contribution in [0.1, 0.15) is 18.3 Å². The first-order valence-electron chi connectivity index (χ1n) is 8.27. The number of halogens is 1. The maximum atomic E-state index is 13.2. The zero-order chi connectivity index (χ0) is 18.3. The third-order valence-corrected chi connectivity index (χ3v) is 4.17. The molecule has 0 atom stereocenters. The van der Waals surface area contributed by atoms with E-state index < -0.39 is 0 Å². The Morgan fingerprint density at radius 1 is 0.962 bits per heavy atom. The zero-order valence-electron chi connectivity index (χ0n) is 14.6. The Labute approximate surface area is 150 Å². The van der Waals surface area contributed by atoms with Gasteiger partial charge in [0, 0.05) is 5.69 Å². The summed E-state index contributed by atoms with van der Waals surface area (Å²) in [6.07, 6.45) is 1.19. The number of aromatic nitrogens is 4. The lowest BCUT2D eigenvalue weighted by Gasteiger charge is -2.09. The summed E-state index contributed by atoms with van der Waals surface area (Å²) in [6.45, 7) is 8.02. The van der Waals surface area contributed by atoms with E-state index >= 15 is 0 Å². The van der Waals surface area contributed by atoms with Crippen LogP contribution >= 0.6 is 0 Å². The average Bonchev–Trinajstić information content (AvgIpc) is 3.02. The molecule has 4 rings (SSSR count). The van der Waals surface area contributed by atoms with E-state index in [4.69, 9.17) is 4.98 Å². The van der Waals surface area contributed by atoms with Crippen LogP contribution in [0.4, 0.5) is 4.39 Å². The first-order valence-corrected chi connectivity index (χ1v) is 8.27. The molecule has 128 valence electrons. The number of aryl methyl sites for hydroxylation is 1. The number of allylic oxidation sites excluding steroid dienone is 1. The molecule has 0 saturated carbocycles. The van der Waals surface area contributed by atoms with Crippen LogP contribution < -0.4 is 0 Å². The second-order valence-electron chi connectivity index (χ2n) is 6.29. The summed E-state index contributed by atoms with van der Waals surface area (Å²) < 4.78 is 15.1. The number of nitrogens with zero attached hydrogens (tertiary/aromatic N) is 4. The van der Waals surface area contributed by atoms with Crippen LogP contribution in [0.3, 0.4) is 0 Å². The lowest BCUT2D eigenvalue weighted by atomic mass is 10.2. The molecule has 0 radical (unpaired) electrons. The Morgan fingerprint density at radius 3 is 2.35 bits per heavy atom. The van der Waals surface area contributed by atoms with Crippen LogP contribution in [-0.2, 0) is 0 Å². The highest BCUT2D eigenvalue weighted by molar-refractivity contribution is 5.80. The van der Waals surface area contributed by atoms with Gasteiger partial charge in [-0.3, -0.25) is 9.55 Å². The highest BCUT2D eigenvalue weighted by atomic mass is 19.1. The molecule has 0 aliphatic heterocycles. The standard InChI is InChI=1S/C21H17FN4/c1-13(2)20-25-19-11-10-18(17-9-6-15(22)12-23-17)24-21(19)26(20)16-7-4-14(3)5-8-16/h4-12H,1H2,2-3H3. The molecule has 4 aromatic rings. The fourth-order valence-electron chi connectivity index (χ4n) is 2.85. The summed E-state index contributed by atoms with van der Waals surface area (Å²) in [5.74, 6) is 0.393. The molecule has 0 N–H and O–H groups in total. The first kappa shape index (κ1) is 16.1. The van der Waals surface area contributed by atoms with Crippen molar-refractivity contribution >= 4 is 16.7 Å². The van der Waals surface area contributed by atoms with Crippen molar-refractivity contribution in [3.8, 4) is 17.1 Å². The fraction of sp³-hybridized carbons (Fsp3) is 0.0952. The Kier molecular flexibility index (Phi) is 3.84. The van der Waals surface area contributed by atoms with E-state index in [1.165, 1.54) is 17.8 Å². The van der Waals surface area contributed by atoms with Crippen molar-refractivity contribution in [1.82, 2.24) is 19.5 Å². The number of pyridine rings is 2. The normalized spacial score (nSPS) is 11.0. The molecule has 0 aliphatic carbocycles. The van der Waals surface area contributed by atoms with Crippen LogP contribution in [0, 0.1) is 12.7 Å². The van der Waals surface area contributed by atoms with E-state index in [0.29, 0.717) is 11.4 Å². The van der Waals surface area contributed by atoms with E-state index in [1.807, 2.05) is 42.7 Å². The van der Waals surface area contributed by atoms with Gasteiger partial charge in [-0.25, -0.2) is 14.4 Å². The highest BCUT2D eigenvalue weighted by Gasteiger charge is 2.15. The molecule has 0 amide bonds. The van der Waals surface area contributed by atoms with Crippen molar-refractivity contribution in [3.05, 3.63) is 78.5 Å². The van der Waals surface area contributed by atoms with Crippen molar-refractivity contribution < 1.29 is 4.39 Å². The lowest BCUT2D eigenvalue weighted by molar-refractivity contribution is 0.622. The molecule has 0 saturated heterocycles. The number of hydrogen-bond donors (Lipinski definition) is 0. The van der Waals surface area contributed by atoms with Gasteiger partial charge in [0.2, 0.25) is 0 Å². The first-order chi connectivity index (χ1) is 12.5. The number of imidazole rings is 1. The van der Waals surface area contributed by atoms with Gasteiger partial charge >= 0.3 is 0 Å². The minimum absolute atomic E-state index is 0.371. The maximum Gasteiger partial charge on any atom is 0.165 e. The van der Waals surface area contributed by atoms with Gasteiger partial charge in [-0.2, -0.15) is 0 Å². The predicted octanol–water partition coefficient (Wildman–Crippen LogP) is 4.96. The molecule has 3 aromatic heterocycles. The zero-order valence-corrected chi connectivity index (χ0v) is 14.6. The van der Waals surface area contributed by atoms with Crippen LogP contribution in [0.15, 0.2) is 61.3 Å². The summed E-state index contributed by atoms with van der Waals surface area (Å²) in [5, 5.41) is 0. The van der Waals surface area contributed by atoms with Crippen molar-refractivity contribution in [2.75, 3.05) is 0 Å². The van der Waals surface area contributed by atoms with Gasteiger partial charge in [0.25, 0.3) is 0 Å². The van der Waals surface area contributed by atoms with Crippen LogP contribution in [0.2, 0.25) is 0 Å². The highest BCUT2D eigenvalue weighted by Crippen LogP contribution is 2.26. The molecule has 0 fully saturated rings. The van der Waals surface area contributed by atoms with E-state index in [-0.39, 0.29) is 5.82 Å². The molecular weight excluding hydrogens is 327 g/mol. The second kappa shape index (κ2) is 6.19. The third kappa shape index (κ3) is 2.77. The Morgan fingerprint density at radius 2 is 1.69 bits per heavy atom. The van der Waals surface area contributed by atoms with Crippen LogP contribution in [0.25, 0.3) is 33.8 Å². The SMILES string of the molecule is C=C(C)c1nc2ccc(-c3ccc(F)cn3)nc2n1-c1ccc(C)cc1. The number of benzene rings is 1. The van der Waals surface area contributed by atoms with E-state index in [2.05, 4.69) is 28.7 Å². The van der Waals surface area contributed by atoms with Gasteiger partial charge in [0.1, 0.15) is 17.2 Å². The van der Waals surface area contributed by atoms with Gasteiger partial charge in [0.05, 0.1) is 17.6 Å². The van der Waals surface area contributed by atoms with E-state index in [1.54, 1.807) is 6.07 Å².